The molecule has 0 unspecified atom stereocenters. The molecule has 4 heavy (non-hydrogen) atoms. The Labute approximate surface area is 39.2 Å². The van der Waals surface area contributed by atoms with E-state index in [1.807, 2.05) is 0 Å². The second-order valence-corrected chi connectivity index (χ2v) is 0. The summed E-state index contributed by atoms with van der Waals surface area (Å²) in [5.41, 5.74) is 0. The lowest BCUT2D eigenvalue weighted by Gasteiger charge is -0.412. The first kappa shape index (κ1) is 150. The van der Waals surface area contributed by atoms with Crippen LogP contribution in [-0.4, -0.2) is 33.8 Å². The van der Waals surface area contributed by atoms with Crippen LogP contribution in [-0.2, 0) is 0 Å². The molecule has 0 aliphatic carbocycles. The Morgan fingerprint density at radius 2 is 1.00 bits per heavy atom. The number of rotatable bonds is 0. The van der Waals surface area contributed by atoms with Gasteiger partial charge in [-0.3, -0.25) is 4.70 Å². The zero-order chi connectivity index (χ0) is 0. The second kappa shape index (κ2) is 62.0. The molecule has 0 bridgehead atoms. The minimum atomic E-state index is 0. The molecule has 0 spiro atoms. The Hall–Kier alpha value is 0.639. The van der Waals surface area contributed by atoms with Crippen LogP contribution in [0.4, 0.5) is 4.70 Å². The lowest BCUT2D eigenvalue weighted by atomic mass is 16.0. The fraction of sp³-hybridized carbons (Fsp3) is 0. The van der Waals surface area contributed by atoms with Gasteiger partial charge >= 0.3 is 0 Å². The molecule has 0 saturated carbocycles. The van der Waals surface area contributed by atoms with Gasteiger partial charge in [0, 0.05) is 28.3 Å². The average molecular weight is 93.1 g/mol. The van der Waals surface area contributed by atoms with Crippen LogP contribution in [0.1, 0.15) is 0 Å². The first-order valence-electron chi connectivity index (χ1n) is 0. The Bertz CT molecular complexity index is 8.00. The predicted molar refractivity (Wildman–Crippen MR) is 17.6 cm³/mol. The van der Waals surface area contributed by atoms with Crippen LogP contribution in [0.3, 0.4) is 0 Å². The highest BCUT2D eigenvalue weighted by atomic mass is 28.1. The Morgan fingerprint density at radius 3 is 1.00 bits per heavy atom. The van der Waals surface area contributed by atoms with E-state index in [2.05, 4.69) is 0 Å². The van der Waals surface area contributed by atoms with E-state index in [0.717, 1.165) is 0 Å². The summed E-state index contributed by atoms with van der Waals surface area (Å²) in [5.74, 6) is 0. The SMILES string of the molecule is F.O.[Al].[Si]. The molecule has 0 aromatic carbocycles. The molecule has 0 amide bonds. The first-order valence-corrected chi connectivity index (χ1v) is 0. The van der Waals surface area contributed by atoms with Crippen LogP contribution in [0, 0.1) is 0 Å². The molecule has 1 nitrogen and oxygen atoms in total. The minimum absolute atomic E-state index is 0. The second-order valence-electron chi connectivity index (χ2n) is 0. The fourth-order valence-corrected chi connectivity index (χ4v) is 0. The Morgan fingerprint density at radius 1 is 1.00 bits per heavy atom. The quantitative estimate of drug-likeness (QED) is 0.329. The maximum atomic E-state index is 0. The molecule has 0 aliphatic rings. The van der Waals surface area contributed by atoms with Crippen molar-refractivity contribution in [2.24, 2.45) is 0 Å². The van der Waals surface area contributed by atoms with Crippen molar-refractivity contribution in [2.75, 3.05) is 0 Å². The van der Waals surface area contributed by atoms with Crippen molar-refractivity contribution < 1.29 is 10.2 Å². The molecule has 0 atom stereocenters. The number of hydrogen-bond donors (Lipinski definition) is 0. The predicted octanol–water partition coefficient (Wildman–Crippen LogP) is -1.43. The van der Waals surface area contributed by atoms with Gasteiger partial charge in [0.2, 0.25) is 0 Å². The highest BCUT2D eigenvalue weighted by Crippen LogP contribution is 0.420. The van der Waals surface area contributed by atoms with Gasteiger partial charge in [-0.1, -0.05) is 0 Å². The standard InChI is InChI=1S/Al.FH.H2O.Si/h;1H;1H2;. The van der Waals surface area contributed by atoms with E-state index in [0.29, 0.717) is 0 Å². The van der Waals surface area contributed by atoms with Gasteiger partial charge in [0.25, 0.3) is 0 Å². The summed E-state index contributed by atoms with van der Waals surface area (Å²) in [7, 11) is 0. The van der Waals surface area contributed by atoms with Gasteiger partial charge in [0.1, 0.15) is 0 Å². The van der Waals surface area contributed by atoms with Crippen molar-refractivity contribution in [3.05, 3.63) is 0 Å². The third kappa shape index (κ3) is 17.4. The van der Waals surface area contributed by atoms with Gasteiger partial charge in [0.15, 0.2) is 0 Å². The molecule has 7 radical (unpaired) electrons. The maximum absolute atomic E-state index is 0. The van der Waals surface area contributed by atoms with E-state index in [9.17, 15) is 0 Å². The van der Waals surface area contributed by atoms with Gasteiger partial charge in [-0.25, -0.2) is 0 Å². The van der Waals surface area contributed by atoms with Crippen LogP contribution >= 0.6 is 0 Å². The average Bonchev–Trinajstić information content (AvgIpc) is 0. The topological polar surface area (TPSA) is 31.5 Å². The largest absolute Gasteiger partial charge is 0.412 e. The molecule has 0 saturated heterocycles. The summed E-state index contributed by atoms with van der Waals surface area (Å²) in [4.78, 5) is 0. The van der Waals surface area contributed by atoms with Crippen LogP contribution in [0.2, 0.25) is 0 Å². The molecule has 0 fully saturated rings. The lowest BCUT2D eigenvalue weighted by Crippen LogP contribution is -0.382. The van der Waals surface area contributed by atoms with Crippen molar-refractivity contribution in [1.82, 2.24) is 0 Å². The van der Waals surface area contributed by atoms with Crippen molar-refractivity contribution >= 4 is 28.3 Å². The van der Waals surface area contributed by atoms with Gasteiger partial charge in [-0.15, -0.1) is 0 Å². The maximum Gasteiger partial charge on any atom is 0 e. The van der Waals surface area contributed by atoms with E-state index in [1.54, 1.807) is 0 Å². The van der Waals surface area contributed by atoms with Crippen molar-refractivity contribution in [3.63, 3.8) is 0 Å². The highest BCUT2D eigenvalue weighted by molar-refractivity contribution is 5.76. The molecule has 0 aromatic rings. The van der Waals surface area contributed by atoms with E-state index in [-0.39, 0.29) is 38.5 Å². The van der Waals surface area contributed by atoms with Gasteiger partial charge in [-0.05, 0) is 0 Å². The molecular formula is H3AlFOSi. The van der Waals surface area contributed by atoms with Crippen molar-refractivity contribution in [3.8, 4) is 0 Å². The van der Waals surface area contributed by atoms with E-state index in [1.165, 1.54) is 0 Å². The molecule has 0 aromatic heterocycles. The number of halogens is 1. The molecule has 23 valence electrons. The minimum Gasteiger partial charge on any atom is -0.412 e. The third-order valence-corrected chi connectivity index (χ3v) is 0. The molecule has 0 heterocycles. The monoisotopic (exact) mass is 93.0 g/mol. The van der Waals surface area contributed by atoms with Crippen LogP contribution < -0.4 is 0 Å². The summed E-state index contributed by atoms with van der Waals surface area (Å²) in [5, 5.41) is 0. The Balaban J connectivity index is 0. The zero-order valence-electron chi connectivity index (χ0n) is 1.99. The fourth-order valence-electron chi connectivity index (χ4n) is 0. The van der Waals surface area contributed by atoms with Crippen LogP contribution in [0.25, 0.3) is 0 Å². The Kier molecular flexibility index (Phi) is 2330. The van der Waals surface area contributed by atoms with Crippen molar-refractivity contribution in [2.45, 2.75) is 0 Å². The van der Waals surface area contributed by atoms with E-state index < -0.39 is 0 Å². The summed E-state index contributed by atoms with van der Waals surface area (Å²) in [6.45, 7) is 0. The first-order chi connectivity index (χ1) is 0. The van der Waals surface area contributed by atoms with E-state index in [4.69, 9.17) is 0 Å². The molecule has 4 heteroatoms. The van der Waals surface area contributed by atoms with Crippen LogP contribution in [0.5, 0.6) is 0 Å². The number of hydrogen-bond acceptors (Lipinski definition) is 0. The van der Waals surface area contributed by atoms with Crippen LogP contribution in [0.15, 0.2) is 0 Å². The molecular weight excluding hydrogens is 90.1 g/mol. The van der Waals surface area contributed by atoms with E-state index >= 15 is 0 Å². The summed E-state index contributed by atoms with van der Waals surface area (Å²) >= 11 is 0. The zero-order valence-corrected chi connectivity index (χ0v) is 4.14. The van der Waals surface area contributed by atoms with Gasteiger partial charge < -0.3 is 5.48 Å². The van der Waals surface area contributed by atoms with Crippen molar-refractivity contribution in [1.29, 1.82) is 0 Å². The molecule has 0 aliphatic heterocycles. The lowest BCUT2D eigenvalue weighted by molar-refractivity contribution is 0.824. The highest BCUT2D eigenvalue weighted by Gasteiger charge is 0.00101. The molecule has 0 rings (SSSR count). The summed E-state index contributed by atoms with van der Waals surface area (Å²) < 4.78 is 0. The molecule has 2 N–H and O–H groups in total. The summed E-state index contributed by atoms with van der Waals surface area (Å²) in [6.07, 6.45) is 0. The summed E-state index contributed by atoms with van der Waals surface area (Å²) in [6, 6.07) is 0. The third-order valence-electron chi connectivity index (χ3n) is 0. The van der Waals surface area contributed by atoms with Gasteiger partial charge in [-0.2, -0.15) is 0 Å². The van der Waals surface area contributed by atoms with Gasteiger partial charge in [0.05, 0.1) is 0 Å². The normalized spacial score (nSPS) is 0. The smallest absolute Gasteiger partial charge is 0 e.